The molecule has 27 heavy (non-hydrogen) atoms. The summed E-state index contributed by atoms with van der Waals surface area (Å²) in [5.41, 5.74) is 2.08. The Morgan fingerprint density at radius 2 is 1.96 bits per heavy atom. The van der Waals surface area contributed by atoms with Gasteiger partial charge in [-0.25, -0.2) is 4.98 Å². The number of benzene rings is 2. The van der Waals surface area contributed by atoms with Crippen molar-refractivity contribution in [2.45, 2.75) is 13.0 Å². The highest BCUT2D eigenvalue weighted by atomic mass is 16.5. The number of aromatic nitrogens is 2. The Morgan fingerprint density at radius 3 is 2.63 bits per heavy atom. The van der Waals surface area contributed by atoms with Crippen molar-refractivity contribution < 1.29 is 14.3 Å². The fourth-order valence-corrected chi connectivity index (χ4v) is 2.89. The number of carbonyl (C=O) groups excluding carboxylic acids is 1. The average Bonchev–Trinajstić information content (AvgIpc) is 3.10. The van der Waals surface area contributed by atoms with Gasteiger partial charge in [-0.05, 0) is 24.6 Å². The molecule has 3 rings (SSSR count). The Labute approximate surface area is 158 Å². The second kappa shape index (κ2) is 8.40. The van der Waals surface area contributed by atoms with E-state index >= 15 is 0 Å². The number of nitrogens with zero attached hydrogens (tertiary/aromatic N) is 2. The van der Waals surface area contributed by atoms with Crippen LogP contribution >= 0.6 is 0 Å². The maximum absolute atomic E-state index is 12.6. The summed E-state index contributed by atoms with van der Waals surface area (Å²) in [5, 5.41) is 3.02. The zero-order valence-corrected chi connectivity index (χ0v) is 15.7. The molecule has 0 aliphatic rings. The summed E-state index contributed by atoms with van der Waals surface area (Å²) in [6.45, 7) is 1.90. The molecular weight excluding hydrogens is 342 g/mol. The van der Waals surface area contributed by atoms with Crippen LogP contribution < -0.4 is 14.8 Å². The van der Waals surface area contributed by atoms with Crippen molar-refractivity contribution in [2.24, 2.45) is 7.05 Å². The molecule has 0 bridgehead atoms. The molecule has 0 fully saturated rings. The van der Waals surface area contributed by atoms with Crippen LogP contribution in [-0.2, 0) is 11.8 Å². The van der Waals surface area contributed by atoms with Crippen molar-refractivity contribution in [1.29, 1.82) is 0 Å². The van der Waals surface area contributed by atoms with Crippen LogP contribution in [0.4, 0.5) is 0 Å². The largest absolute Gasteiger partial charge is 0.493 e. The van der Waals surface area contributed by atoms with Gasteiger partial charge in [-0.2, -0.15) is 0 Å². The van der Waals surface area contributed by atoms with Gasteiger partial charge in [-0.1, -0.05) is 42.0 Å². The van der Waals surface area contributed by atoms with Crippen LogP contribution in [0, 0.1) is 6.92 Å². The Hall–Kier alpha value is -3.28. The zero-order valence-electron chi connectivity index (χ0n) is 15.7. The normalized spacial score (nSPS) is 11.7. The lowest BCUT2D eigenvalue weighted by molar-refractivity contribution is -0.123. The van der Waals surface area contributed by atoms with Gasteiger partial charge in [-0.15, -0.1) is 0 Å². The first-order chi connectivity index (χ1) is 13.1. The van der Waals surface area contributed by atoms with Crippen LogP contribution in [0.3, 0.4) is 0 Å². The standard InChI is InChI=1S/C21H23N3O3/c1-15-7-6-8-16(13-15)20(21-22-11-12-24(21)2)23-19(25)14-27-18-10-5-4-9-17(18)26-3/h4-13,20H,14H2,1-3H3,(H,23,25). The number of methoxy groups -OCH3 is 1. The third kappa shape index (κ3) is 4.47. The Balaban J connectivity index is 1.76. The molecule has 0 radical (unpaired) electrons. The van der Waals surface area contributed by atoms with Crippen molar-refractivity contribution >= 4 is 5.91 Å². The van der Waals surface area contributed by atoms with Crippen LogP contribution in [-0.4, -0.2) is 29.2 Å². The third-order valence-corrected chi connectivity index (χ3v) is 4.23. The molecule has 1 unspecified atom stereocenters. The van der Waals surface area contributed by atoms with Crippen LogP contribution in [0.5, 0.6) is 11.5 Å². The molecule has 1 aromatic heterocycles. The van der Waals surface area contributed by atoms with Gasteiger partial charge < -0.3 is 19.4 Å². The van der Waals surface area contributed by atoms with Crippen molar-refractivity contribution in [2.75, 3.05) is 13.7 Å². The number of rotatable bonds is 7. The van der Waals surface area contributed by atoms with E-state index in [2.05, 4.69) is 10.3 Å². The number of imidazole rings is 1. The van der Waals surface area contributed by atoms with Gasteiger partial charge in [0.15, 0.2) is 18.1 Å². The minimum absolute atomic E-state index is 0.118. The second-order valence-electron chi connectivity index (χ2n) is 6.25. The Bertz CT molecular complexity index is 920. The third-order valence-electron chi connectivity index (χ3n) is 4.23. The maximum atomic E-state index is 12.6. The molecule has 1 heterocycles. The van der Waals surface area contributed by atoms with Gasteiger partial charge in [0, 0.05) is 19.4 Å². The minimum Gasteiger partial charge on any atom is -0.493 e. The molecule has 1 N–H and O–H groups in total. The summed E-state index contributed by atoms with van der Waals surface area (Å²) in [5.74, 6) is 1.63. The van der Waals surface area contributed by atoms with Crippen molar-refractivity contribution in [3.63, 3.8) is 0 Å². The number of hydrogen-bond donors (Lipinski definition) is 1. The minimum atomic E-state index is -0.362. The summed E-state index contributed by atoms with van der Waals surface area (Å²) in [6, 6.07) is 14.9. The molecule has 0 saturated heterocycles. The predicted molar refractivity (Wildman–Crippen MR) is 103 cm³/mol. The SMILES string of the molecule is COc1ccccc1OCC(=O)NC(c1cccc(C)c1)c1nccn1C. The number of nitrogens with one attached hydrogen (secondary N) is 1. The number of amides is 1. The van der Waals surface area contributed by atoms with E-state index in [1.807, 2.05) is 61.1 Å². The summed E-state index contributed by atoms with van der Waals surface area (Å²) in [4.78, 5) is 17.0. The average molecular weight is 365 g/mol. The monoisotopic (exact) mass is 365 g/mol. The van der Waals surface area contributed by atoms with Gasteiger partial charge >= 0.3 is 0 Å². The molecule has 1 atom stereocenters. The van der Waals surface area contributed by atoms with E-state index < -0.39 is 0 Å². The highest BCUT2D eigenvalue weighted by molar-refractivity contribution is 5.78. The number of hydrogen-bond acceptors (Lipinski definition) is 4. The molecule has 3 aromatic rings. The summed E-state index contributed by atoms with van der Waals surface area (Å²) < 4.78 is 12.8. The number of ether oxygens (including phenoxy) is 2. The van der Waals surface area contributed by atoms with E-state index in [9.17, 15) is 4.79 Å². The fourth-order valence-electron chi connectivity index (χ4n) is 2.89. The predicted octanol–water partition coefficient (Wildman–Crippen LogP) is 3.02. The maximum Gasteiger partial charge on any atom is 0.258 e. The van der Waals surface area contributed by atoms with Crippen LogP contribution in [0.25, 0.3) is 0 Å². The number of carbonyl (C=O) groups is 1. The Morgan fingerprint density at radius 1 is 1.19 bits per heavy atom. The van der Waals surface area contributed by atoms with Gasteiger partial charge in [-0.3, -0.25) is 4.79 Å². The first-order valence-electron chi connectivity index (χ1n) is 8.67. The van der Waals surface area contributed by atoms with Gasteiger partial charge in [0.05, 0.1) is 7.11 Å². The lowest BCUT2D eigenvalue weighted by Crippen LogP contribution is -2.34. The molecule has 140 valence electrons. The lowest BCUT2D eigenvalue weighted by atomic mass is 10.0. The van der Waals surface area contributed by atoms with E-state index in [1.54, 1.807) is 25.4 Å². The Kier molecular flexibility index (Phi) is 5.76. The van der Waals surface area contributed by atoms with E-state index in [0.29, 0.717) is 11.5 Å². The molecule has 0 saturated carbocycles. The van der Waals surface area contributed by atoms with Crippen molar-refractivity contribution in [3.8, 4) is 11.5 Å². The van der Waals surface area contributed by atoms with Crippen LogP contribution in [0.15, 0.2) is 60.9 Å². The van der Waals surface area contributed by atoms with E-state index in [4.69, 9.17) is 9.47 Å². The number of para-hydroxylation sites is 2. The zero-order chi connectivity index (χ0) is 19.2. The summed E-state index contributed by atoms with van der Waals surface area (Å²) >= 11 is 0. The first-order valence-corrected chi connectivity index (χ1v) is 8.67. The van der Waals surface area contributed by atoms with E-state index in [1.165, 1.54) is 0 Å². The molecule has 2 aromatic carbocycles. The van der Waals surface area contributed by atoms with Crippen LogP contribution in [0.1, 0.15) is 23.0 Å². The summed E-state index contributed by atoms with van der Waals surface area (Å²) in [6.07, 6.45) is 3.57. The first kappa shape index (κ1) is 18.5. The molecule has 6 nitrogen and oxygen atoms in total. The molecule has 0 aliphatic heterocycles. The smallest absolute Gasteiger partial charge is 0.258 e. The van der Waals surface area contributed by atoms with E-state index in [0.717, 1.165) is 17.0 Å². The molecule has 0 spiro atoms. The molecular formula is C21H23N3O3. The fraction of sp³-hybridized carbons (Fsp3) is 0.238. The van der Waals surface area contributed by atoms with Crippen molar-refractivity contribution in [1.82, 2.24) is 14.9 Å². The van der Waals surface area contributed by atoms with E-state index in [-0.39, 0.29) is 18.6 Å². The van der Waals surface area contributed by atoms with Crippen LogP contribution in [0.2, 0.25) is 0 Å². The van der Waals surface area contributed by atoms with Crippen molar-refractivity contribution in [3.05, 3.63) is 77.9 Å². The summed E-state index contributed by atoms with van der Waals surface area (Å²) in [7, 11) is 3.47. The van der Waals surface area contributed by atoms with Gasteiger partial charge in [0.1, 0.15) is 11.9 Å². The highest BCUT2D eigenvalue weighted by Crippen LogP contribution is 2.26. The van der Waals surface area contributed by atoms with Gasteiger partial charge in [0.2, 0.25) is 0 Å². The molecule has 1 amide bonds. The quantitative estimate of drug-likeness (QED) is 0.699. The molecule has 6 heteroatoms. The lowest BCUT2D eigenvalue weighted by Gasteiger charge is -2.20. The number of aryl methyl sites for hydroxylation is 2. The second-order valence-corrected chi connectivity index (χ2v) is 6.25. The highest BCUT2D eigenvalue weighted by Gasteiger charge is 2.21. The molecule has 0 aliphatic carbocycles. The van der Waals surface area contributed by atoms with Gasteiger partial charge in [0.25, 0.3) is 5.91 Å². The topological polar surface area (TPSA) is 65.4 Å².